The van der Waals surface area contributed by atoms with Crippen molar-refractivity contribution in [2.75, 3.05) is 6.61 Å². The van der Waals surface area contributed by atoms with Crippen LogP contribution in [0.4, 0.5) is 0 Å². The molecule has 1 heterocycles. The van der Waals surface area contributed by atoms with E-state index in [1.807, 2.05) is 6.92 Å². The molecule has 1 aliphatic heterocycles. The highest BCUT2D eigenvalue weighted by molar-refractivity contribution is 7.48. The molecule has 236 valence electrons. The molecular formula is C30H57O9P. The molecule has 1 rings (SSSR count). The SMILES string of the molecule is CCCCCCCCCCC(C)OP(=O)(OC1=C(O)[C@@H](C(O)CO)OC1=O)OC(CC)CCCCCCCCC. The fraction of sp³-hybridized carbons (Fsp3) is 0.900. The van der Waals surface area contributed by atoms with Crippen LogP contribution < -0.4 is 0 Å². The quantitative estimate of drug-likeness (QED) is 0.0519. The van der Waals surface area contributed by atoms with Crippen LogP contribution in [-0.4, -0.2) is 52.3 Å². The molecule has 0 aromatic carbocycles. The molecule has 10 heteroatoms. The lowest BCUT2D eigenvalue weighted by molar-refractivity contribution is -0.147. The molecule has 0 aromatic rings. The highest BCUT2D eigenvalue weighted by Crippen LogP contribution is 2.55. The number of carbonyl (C=O) groups excluding carboxylic acids is 1. The van der Waals surface area contributed by atoms with Gasteiger partial charge in [0.1, 0.15) is 6.10 Å². The van der Waals surface area contributed by atoms with Gasteiger partial charge < -0.3 is 24.6 Å². The third-order valence-corrected chi connectivity index (χ3v) is 8.88. The maximum absolute atomic E-state index is 13.9. The molecule has 40 heavy (non-hydrogen) atoms. The monoisotopic (exact) mass is 592 g/mol. The first-order valence-corrected chi connectivity index (χ1v) is 17.3. The van der Waals surface area contributed by atoms with E-state index in [1.165, 1.54) is 57.8 Å². The van der Waals surface area contributed by atoms with Crippen molar-refractivity contribution in [1.29, 1.82) is 0 Å². The lowest BCUT2D eigenvalue weighted by Gasteiger charge is -2.26. The molecule has 0 amide bonds. The summed E-state index contributed by atoms with van der Waals surface area (Å²) in [5.41, 5.74) is 0. The van der Waals surface area contributed by atoms with Gasteiger partial charge in [0.2, 0.25) is 0 Å². The molecule has 9 nitrogen and oxygen atoms in total. The minimum absolute atomic E-state index is 0.421. The fourth-order valence-electron chi connectivity index (χ4n) is 4.76. The Morgan fingerprint density at radius 2 is 1.32 bits per heavy atom. The smallest absolute Gasteiger partial charge is 0.505 e. The molecule has 0 aromatic heterocycles. The molecule has 0 spiro atoms. The van der Waals surface area contributed by atoms with Gasteiger partial charge in [0.05, 0.1) is 18.8 Å². The van der Waals surface area contributed by atoms with Crippen molar-refractivity contribution in [2.45, 2.75) is 168 Å². The Hall–Kier alpha value is -1.12. The number of carbonyl (C=O) groups is 1. The molecule has 0 saturated heterocycles. The lowest BCUT2D eigenvalue weighted by atomic mass is 10.1. The summed E-state index contributed by atoms with van der Waals surface area (Å²) < 4.78 is 36.1. The molecular weight excluding hydrogens is 535 g/mol. The Kier molecular flexibility index (Phi) is 19.9. The van der Waals surface area contributed by atoms with E-state index in [9.17, 15) is 24.7 Å². The van der Waals surface area contributed by atoms with E-state index in [-0.39, 0.29) is 0 Å². The van der Waals surface area contributed by atoms with E-state index in [4.69, 9.17) is 18.3 Å². The Morgan fingerprint density at radius 3 is 1.82 bits per heavy atom. The van der Waals surface area contributed by atoms with Crippen molar-refractivity contribution in [3.05, 3.63) is 11.5 Å². The van der Waals surface area contributed by atoms with E-state index < -0.39 is 56.3 Å². The van der Waals surface area contributed by atoms with Crippen molar-refractivity contribution in [2.24, 2.45) is 0 Å². The van der Waals surface area contributed by atoms with Gasteiger partial charge in [-0.25, -0.2) is 9.36 Å². The predicted molar refractivity (Wildman–Crippen MR) is 157 cm³/mol. The van der Waals surface area contributed by atoms with Crippen LogP contribution in [0.3, 0.4) is 0 Å². The van der Waals surface area contributed by atoms with Gasteiger partial charge >= 0.3 is 13.8 Å². The Bertz CT molecular complexity index is 757. The van der Waals surface area contributed by atoms with Gasteiger partial charge in [-0.05, 0) is 26.2 Å². The number of hydrogen-bond donors (Lipinski definition) is 3. The zero-order chi connectivity index (χ0) is 29.8. The molecule has 0 saturated carbocycles. The van der Waals surface area contributed by atoms with E-state index in [0.29, 0.717) is 19.3 Å². The highest BCUT2D eigenvalue weighted by Gasteiger charge is 2.45. The van der Waals surface area contributed by atoms with Gasteiger partial charge in [-0.15, -0.1) is 0 Å². The van der Waals surface area contributed by atoms with Gasteiger partial charge in [0.25, 0.3) is 5.76 Å². The summed E-state index contributed by atoms with van der Waals surface area (Å²) in [4.78, 5) is 12.4. The van der Waals surface area contributed by atoms with Crippen molar-refractivity contribution in [3.63, 3.8) is 0 Å². The number of esters is 1. The number of aliphatic hydroxyl groups excluding tert-OH is 3. The number of phosphoric acid groups is 1. The third-order valence-electron chi connectivity index (χ3n) is 7.30. The maximum Gasteiger partial charge on any atom is 0.530 e. The lowest BCUT2D eigenvalue weighted by Crippen LogP contribution is -2.31. The number of aliphatic hydroxyl groups is 3. The molecule has 0 fully saturated rings. The first kappa shape index (κ1) is 36.9. The van der Waals surface area contributed by atoms with Gasteiger partial charge in [0, 0.05) is 0 Å². The topological polar surface area (TPSA) is 132 Å². The second-order valence-corrected chi connectivity index (χ2v) is 12.6. The van der Waals surface area contributed by atoms with Gasteiger partial charge in [0.15, 0.2) is 11.9 Å². The van der Waals surface area contributed by atoms with E-state index in [1.54, 1.807) is 6.92 Å². The van der Waals surface area contributed by atoms with Gasteiger partial charge in [-0.2, -0.15) is 0 Å². The zero-order valence-corrected chi connectivity index (χ0v) is 26.4. The van der Waals surface area contributed by atoms with Crippen LogP contribution in [-0.2, 0) is 27.7 Å². The first-order chi connectivity index (χ1) is 19.2. The Labute approximate surface area is 242 Å². The van der Waals surface area contributed by atoms with Gasteiger partial charge in [-0.3, -0.25) is 9.05 Å². The minimum atomic E-state index is -4.34. The number of rotatable bonds is 26. The van der Waals surface area contributed by atoms with E-state index in [0.717, 1.165) is 38.5 Å². The summed E-state index contributed by atoms with van der Waals surface area (Å²) in [5, 5.41) is 29.5. The summed E-state index contributed by atoms with van der Waals surface area (Å²) in [5.74, 6) is -2.56. The largest absolute Gasteiger partial charge is 0.530 e. The van der Waals surface area contributed by atoms with Gasteiger partial charge in [-0.1, -0.05) is 117 Å². The maximum atomic E-state index is 13.9. The second-order valence-electron chi connectivity index (χ2n) is 11.1. The van der Waals surface area contributed by atoms with Crippen LogP contribution in [0.2, 0.25) is 0 Å². The van der Waals surface area contributed by atoms with E-state index >= 15 is 0 Å². The summed E-state index contributed by atoms with van der Waals surface area (Å²) in [7, 11) is -4.34. The molecule has 1 aliphatic rings. The third kappa shape index (κ3) is 14.7. The highest BCUT2D eigenvalue weighted by atomic mass is 31.2. The Balaban J connectivity index is 2.80. The Morgan fingerprint density at radius 1 is 0.825 bits per heavy atom. The average molecular weight is 593 g/mol. The summed E-state index contributed by atoms with van der Waals surface area (Å²) in [6.07, 6.45) is 15.2. The minimum Gasteiger partial charge on any atom is -0.505 e. The first-order valence-electron chi connectivity index (χ1n) is 15.8. The number of unbranched alkanes of at least 4 members (excludes halogenated alkanes) is 13. The van der Waals surface area contributed by atoms with Crippen LogP contribution in [0.1, 0.15) is 143 Å². The normalized spacial score (nSPS) is 19.4. The number of phosphoric ester groups is 1. The molecule has 3 N–H and O–H groups in total. The molecule has 0 aliphatic carbocycles. The standard InChI is InChI=1S/C30H57O9P/c1-5-8-10-12-14-16-17-19-21-24(4)37-40(35,38-25(7-3)22-20-18-15-13-11-9-6-2)39-29-27(33)28(26(32)23-31)36-30(29)34/h24-26,28,31-33H,5-23H2,1-4H3/t24?,25?,26?,28-,40?/m1/s1. The van der Waals surface area contributed by atoms with Crippen LogP contribution in [0, 0.1) is 0 Å². The van der Waals surface area contributed by atoms with E-state index in [2.05, 4.69) is 13.8 Å². The molecule has 5 atom stereocenters. The van der Waals surface area contributed by atoms with Crippen molar-refractivity contribution < 1.29 is 43.0 Å². The fourth-order valence-corrected chi connectivity index (χ4v) is 6.45. The molecule has 0 bridgehead atoms. The molecule has 4 unspecified atom stereocenters. The van der Waals surface area contributed by atoms with Crippen molar-refractivity contribution >= 4 is 13.8 Å². The number of hydrogen-bond acceptors (Lipinski definition) is 9. The van der Waals surface area contributed by atoms with Crippen molar-refractivity contribution in [3.8, 4) is 0 Å². The second kappa shape index (κ2) is 21.6. The number of cyclic esters (lactones) is 1. The van der Waals surface area contributed by atoms with Crippen LogP contribution in [0.25, 0.3) is 0 Å². The average Bonchev–Trinajstić information content (AvgIpc) is 3.20. The number of ether oxygens (including phenoxy) is 1. The summed E-state index contributed by atoms with van der Waals surface area (Å²) >= 11 is 0. The van der Waals surface area contributed by atoms with Crippen LogP contribution >= 0.6 is 7.82 Å². The van der Waals surface area contributed by atoms with Crippen LogP contribution in [0.5, 0.6) is 0 Å². The zero-order valence-electron chi connectivity index (χ0n) is 25.5. The summed E-state index contributed by atoms with van der Waals surface area (Å²) in [6.45, 7) is 7.37. The predicted octanol–water partition coefficient (Wildman–Crippen LogP) is 8.03. The van der Waals surface area contributed by atoms with Crippen molar-refractivity contribution in [1.82, 2.24) is 0 Å². The van der Waals surface area contributed by atoms with Crippen LogP contribution in [0.15, 0.2) is 11.5 Å². The summed E-state index contributed by atoms with van der Waals surface area (Å²) in [6, 6.07) is 0. The molecule has 0 radical (unpaired) electrons.